The lowest BCUT2D eigenvalue weighted by atomic mass is 9.96. The predicted octanol–water partition coefficient (Wildman–Crippen LogP) is 5.60. The first-order valence-corrected chi connectivity index (χ1v) is 14.7. The molecule has 0 unspecified atom stereocenters. The molecule has 192 valence electrons. The lowest BCUT2D eigenvalue weighted by Crippen LogP contribution is -2.44. The van der Waals surface area contributed by atoms with E-state index in [0.29, 0.717) is 29.5 Å². The van der Waals surface area contributed by atoms with E-state index in [-0.39, 0.29) is 29.8 Å². The Kier molecular flexibility index (Phi) is 7.31. The summed E-state index contributed by atoms with van der Waals surface area (Å²) in [6, 6.07) is 14.1. The van der Waals surface area contributed by atoms with Gasteiger partial charge in [0.05, 0.1) is 21.7 Å². The van der Waals surface area contributed by atoms with Gasteiger partial charge in [0, 0.05) is 36.4 Å². The van der Waals surface area contributed by atoms with Crippen molar-refractivity contribution in [1.29, 1.82) is 0 Å². The van der Waals surface area contributed by atoms with Crippen LogP contribution < -0.4 is 4.90 Å². The number of benzene rings is 2. The number of piperidine rings is 1. The molecule has 1 amide bonds. The molecule has 0 saturated carbocycles. The maximum Gasteiger partial charge on any atom is 0.243 e. The summed E-state index contributed by atoms with van der Waals surface area (Å²) in [6.45, 7) is 5.01. The maximum atomic E-state index is 13.9. The summed E-state index contributed by atoms with van der Waals surface area (Å²) in [4.78, 5) is 24.9. The number of thiazole rings is 1. The van der Waals surface area contributed by atoms with E-state index < -0.39 is 10.0 Å². The quantitative estimate of drug-likeness (QED) is 0.310. The molecule has 0 radical (unpaired) electrons. The number of hydrogen-bond donors (Lipinski definition) is 0. The molecule has 0 spiro atoms. The second-order valence-corrected chi connectivity index (χ2v) is 12.7. The first-order valence-electron chi connectivity index (χ1n) is 12.1. The van der Waals surface area contributed by atoms with Crippen LogP contribution in [0.4, 0.5) is 5.13 Å². The molecule has 10 heteroatoms. The van der Waals surface area contributed by atoms with Crippen molar-refractivity contribution in [2.24, 2.45) is 5.92 Å². The van der Waals surface area contributed by atoms with Crippen LogP contribution >= 0.6 is 22.9 Å². The van der Waals surface area contributed by atoms with E-state index in [4.69, 9.17) is 16.6 Å². The highest BCUT2D eigenvalue weighted by Gasteiger charge is 2.35. The number of sulfonamides is 1. The lowest BCUT2D eigenvalue weighted by molar-refractivity contribution is -0.123. The molecule has 0 aliphatic carbocycles. The number of nitrogens with zero attached hydrogens (tertiary/aromatic N) is 4. The Balaban J connectivity index is 1.39. The van der Waals surface area contributed by atoms with Crippen LogP contribution in [0, 0.1) is 19.8 Å². The zero-order valence-corrected chi connectivity index (χ0v) is 23.0. The summed E-state index contributed by atoms with van der Waals surface area (Å²) < 4.78 is 28.7. The highest BCUT2D eigenvalue weighted by molar-refractivity contribution is 7.89. The van der Waals surface area contributed by atoms with Crippen LogP contribution in [0.25, 0.3) is 10.2 Å². The summed E-state index contributed by atoms with van der Waals surface area (Å²) in [5.74, 6) is -0.344. The normalized spacial score (nSPS) is 15.2. The maximum absolute atomic E-state index is 13.9. The minimum absolute atomic E-state index is 0.0409. The summed E-state index contributed by atoms with van der Waals surface area (Å²) in [5, 5.41) is 1.13. The molecule has 7 nitrogen and oxygen atoms in total. The minimum Gasteiger partial charge on any atom is -0.283 e. The van der Waals surface area contributed by atoms with E-state index in [0.717, 1.165) is 26.9 Å². The van der Waals surface area contributed by atoms with Gasteiger partial charge in [0.25, 0.3) is 0 Å². The number of hydrogen-bond acceptors (Lipinski definition) is 6. The Labute approximate surface area is 225 Å². The van der Waals surface area contributed by atoms with Crippen LogP contribution in [0.2, 0.25) is 5.02 Å². The van der Waals surface area contributed by atoms with Gasteiger partial charge in [-0.1, -0.05) is 35.1 Å². The second kappa shape index (κ2) is 10.5. The Morgan fingerprint density at radius 1 is 1.14 bits per heavy atom. The topological polar surface area (TPSA) is 83.5 Å². The van der Waals surface area contributed by atoms with Crippen molar-refractivity contribution in [3.05, 3.63) is 82.6 Å². The van der Waals surface area contributed by atoms with E-state index in [2.05, 4.69) is 18.0 Å². The summed E-state index contributed by atoms with van der Waals surface area (Å²) >= 11 is 7.44. The number of halogens is 1. The molecule has 1 aliphatic rings. The van der Waals surface area contributed by atoms with Gasteiger partial charge in [0.2, 0.25) is 15.9 Å². The number of carbonyl (C=O) groups excluding carboxylic acids is 1. The van der Waals surface area contributed by atoms with Crippen LogP contribution in [0.15, 0.2) is 65.8 Å². The lowest BCUT2D eigenvalue weighted by Gasteiger charge is -2.33. The van der Waals surface area contributed by atoms with Crippen LogP contribution in [-0.4, -0.2) is 41.7 Å². The number of amides is 1. The van der Waals surface area contributed by atoms with E-state index >= 15 is 0 Å². The molecule has 0 bridgehead atoms. The third kappa shape index (κ3) is 5.40. The molecule has 0 atom stereocenters. The van der Waals surface area contributed by atoms with E-state index in [1.54, 1.807) is 29.4 Å². The monoisotopic (exact) mass is 554 g/mol. The van der Waals surface area contributed by atoms with Crippen LogP contribution in [0.1, 0.15) is 29.5 Å². The van der Waals surface area contributed by atoms with Gasteiger partial charge >= 0.3 is 0 Å². The summed E-state index contributed by atoms with van der Waals surface area (Å²) in [5.41, 5.74) is 4.05. The van der Waals surface area contributed by atoms with Gasteiger partial charge in [0.15, 0.2) is 5.13 Å². The first-order chi connectivity index (χ1) is 17.7. The first kappa shape index (κ1) is 25.8. The largest absolute Gasteiger partial charge is 0.283 e. The third-order valence-corrected chi connectivity index (χ3v) is 10.0. The van der Waals surface area contributed by atoms with Gasteiger partial charge in [-0.2, -0.15) is 4.31 Å². The molecule has 1 aliphatic heterocycles. The number of anilines is 1. The molecule has 1 fully saturated rings. The Hall–Kier alpha value is -2.85. The molecule has 4 aromatic rings. The average Bonchev–Trinajstić information content (AvgIpc) is 3.32. The van der Waals surface area contributed by atoms with E-state index in [1.807, 2.05) is 25.1 Å². The minimum atomic E-state index is -3.64. The van der Waals surface area contributed by atoms with Crippen molar-refractivity contribution in [2.45, 2.75) is 38.1 Å². The fourth-order valence-electron chi connectivity index (χ4n) is 4.71. The zero-order valence-electron chi connectivity index (χ0n) is 20.6. The second-order valence-electron chi connectivity index (χ2n) is 9.34. The van der Waals surface area contributed by atoms with Gasteiger partial charge < -0.3 is 0 Å². The van der Waals surface area contributed by atoms with Gasteiger partial charge in [0.1, 0.15) is 0 Å². The molecule has 2 aromatic carbocycles. The standard InChI is InChI=1S/C27H27ClN4O3S2/c1-18-14-19(2)25-24(15-18)30-27(36-25)32(17-20-4-3-11-29-16-20)26(33)21-9-12-31(13-10-21)37(34,35)23-7-5-22(28)6-8-23/h3-8,11,14-16,21H,9-10,12-13,17H2,1-2H3. The van der Waals surface area contributed by atoms with Crippen molar-refractivity contribution < 1.29 is 13.2 Å². The van der Waals surface area contributed by atoms with E-state index in [1.165, 1.54) is 27.8 Å². The molecule has 2 aromatic heterocycles. The average molecular weight is 555 g/mol. The van der Waals surface area contributed by atoms with Crippen molar-refractivity contribution in [1.82, 2.24) is 14.3 Å². The van der Waals surface area contributed by atoms with Gasteiger partial charge in [-0.3, -0.25) is 14.7 Å². The summed E-state index contributed by atoms with van der Waals surface area (Å²) in [7, 11) is -3.64. The molecule has 5 rings (SSSR count). The molecule has 37 heavy (non-hydrogen) atoms. The van der Waals surface area contributed by atoms with Crippen molar-refractivity contribution in [2.75, 3.05) is 18.0 Å². The third-order valence-electron chi connectivity index (χ3n) is 6.62. The number of pyridine rings is 1. The number of aromatic nitrogens is 2. The highest BCUT2D eigenvalue weighted by Crippen LogP contribution is 2.35. The van der Waals surface area contributed by atoms with Gasteiger partial charge in [-0.25, -0.2) is 13.4 Å². The molecule has 1 saturated heterocycles. The zero-order chi connectivity index (χ0) is 26.2. The molecular weight excluding hydrogens is 528 g/mol. The number of rotatable bonds is 6. The van der Waals surface area contributed by atoms with Crippen LogP contribution in [-0.2, 0) is 21.4 Å². The van der Waals surface area contributed by atoms with Gasteiger partial charge in [-0.15, -0.1) is 0 Å². The number of fused-ring (bicyclic) bond motifs is 1. The molecule has 3 heterocycles. The molecule has 0 N–H and O–H groups in total. The SMILES string of the molecule is Cc1cc(C)c2sc(N(Cc3cccnc3)C(=O)C3CCN(S(=O)(=O)c4ccc(Cl)cc4)CC3)nc2c1. The van der Waals surface area contributed by atoms with Crippen LogP contribution in [0.5, 0.6) is 0 Å². The number of carbonyl (C=O) groups is 1. The van der Waals surface area contributed by atoms with E-state index in [9.17, 15) is 13.2 Å². The molecular formula is C27H27ClN4O3S2. The Morgan fingerprint density at radius 2 is 1.86 bits per heavy atom. The van der Waals surface area contributed by atoms with Gasteiger partial charge in [-0.05, 0) is 79.8 Å². The smallest absolute Gasteiger partial charge is 0.243 e. The fourth-order valence-corrected chi connectivity index (χ4v) is 7.33. The fraction of sp³-hybridized carbons (Fsp3) is 0.296. The van der Waals surface area contributed by atoms with Crippen molar-refractivity contribution in [3.8, 4) is 0 Å². The predicted molar refractivity (Wildman–Crippen MR) is 147 cm³/mol. The van der Waals surface area contributed by atoms with Crippen LogP contribution in [0.3, 0.4) is 0 Å². The Bertz CT molecular complexity index is 1530. The Morgan fingerprint density at radius 3 is 2.54 bits per heavy atom. The summed E-state index contributed by atoms with van der Waals surface area (Å²) in [6.07, 6.45) is 4.34. The van der Waals surface area contributed by atoms with Crippen molar-refractivity contribution >= 4 is 54.2 Å². The van der Waals surface area contributed by atoms with Crippen molar-refractivity contribution in [3.63, 3.8) is 0 Å². The highest BCUT2D eigenvalue weighted by atomic mass is 35.5. The number of aryl methyl sites for hydroxylation is 2.